The first-order valence-corrected chi connectivity index (χ1v) is 9.77. The van der Waals surface area contributed by atoms with Gasteiger partial charge in [0.05, 0.1) is 24.7 Å². The highest BCUT2D eigenvalue weighted by Gasteiger charge is 2.25. The zero-order valence-corrected chi connectivity index (χ0v) is 16.1. The summed E-state index contributed by atoms with van der Waals surface area (Å²) in [5, 5.41) is 2.72. The first-order chi connectivity index (χ1) is 11.8. The number of carbonyl (C=O) groups excluding carboxylic acids is 1. The Hall–Kier alpha value is -1.64. The Morgan fingerprint density at radius 1 is 1.24 bits per heavy atom. The maximum absolute atomic E-state index is 12.6. The summed E-state index contributed by atoms with van der Waals surface area (Å²) in [4.78, 5) is 12.1. The van der Waals surface area contributed by atoms with Gasteiger partial charge in [0.1, 0.15) is 5.75 Å². The molecule has 0 aliphatic carbocycles. The molecule has 1 N–H and O–H groups in total. The second-order valence-corrected chi connectivity index (χ2v) is 7.67. The van der Waals surface area contributed by atoms with Crippen molar-refractivity contribution in [3.8, 4) is 5.75 Å². The monoisotopic (exact) mass is 372 g/mol. The van der Waals surface area contributed by atoms with E-state index in [1.165, 1.54) is 19.2 Å². The molecule has 0 radical (unpaired) electrons. The lowest BCUT2D eigenvalue weighted by molar-refractivity contribution is -0.121. The maximum Gasteiger partial charge on any atom is 0.243 e. The third-order valence-corrected chi connectivity index (χ3v) is 5.40. The van der Waals surface area contributed by atoms with Gasteiger partial charge in [0, 0.05) is 19.7 Å². The predicted octanol–water partition coefficient (Wildman–Crippen LogP) is 1.64. The number of carbonyl (C=O) groups is 1. The van der Waals surface area contributed by atoms with Crippen molar-refractivity contribution in [3.63, 3.8) is 0 Å². The predicted molar refractivity (Wildman–Crippen MR) is 96.1 cm³/mol. The summed E-state index contributed by atoms with van der Waals surface area (Å²) >= 11 is 0. The molecule has 0 aliphatic rings. The number of methoxy groups -OCH3 is 1. The first-order valence-electron chi connectivity index (χ1n) is 8.33. The first kappa shape index (κ1) is 21.4. The van der Waals surface area contributed by atoms with Gasteiger partial charge in [0.15, 0.2) is 0 Å². The lowest BCUT2D eigenvalue weighted by Gasteiger charge is -2.20. The zero-order valence-electron chi connectivity index (χ0n) is 15.3. The van der Waals surface area contributed by atoms with Crippen LogP contribution in [0.1, 0.15) is 27.2 Å². The Morgan fingerprint density at radius 2 is 1.88 bits per heavy atom. The fourth-order valence-corrected chi connectivity index (χ4v) is 3.50. The van der Waals surface area contributed by atoms with Gasteiger partial charge in [-0.25, -0.2) is 8.42 Å². The molecule has 0 saturated carbocycles. The molecular weight excluding hydrogens is 344 g/mol. The summed E-state index contributed by atoms with van der Waals surface area (Å²) in [5.74, 6) is 0.242. The Labute approximate surface area is 150 Å². The van der Waals surface area contributed by atoms with Gasteiger partial charge >= 0.3 is 0 Å². The molecule has 0 heterocycles. The van der Waals surface area contributed by atoms with Crippen LogP contribution in [0, 0.1) is 0 Å². The van der Waals surface area contributed by atoms with Crippen LogP contribution in [0.4, 0.5) is 0 Å². The molecule has 1 aromatic rings. The molecule has 1 aromatic carbocycles. The van der Waals surface area contributed by atoms with E-state index in [0.29, 0.717) is 25.3 Å². The number of hydrogen-bond acceptors (Lipinski definition) is 5. The minimum absolute atomic E-state index is 0.133. The van der Waals surface area contributed by atoms with Gasteiger partial charge in [-0.05, 0) is 44.5 Å². The molecule has 0 saturated heterocycles. The molecule has 25 heavy (non-hydrogen) atoms. The summed E-state index contributed by atoms with van der Waals surface area (Å²) in [6, 6.07) is 6.10. The van der Waals surface area contributed by atoms with E-state index >= 15 is 0 Å². The second-order valence-electron chi connectivity index (χ2n) is 5.73. The van der Waals surface area contributed by atoms with Crippen molar-refractivity contribution in [1.29, 1.82) is 0 Å². The molecule has 0 atom stereocenters. The zero-order chi connectivity index (χ0) is 18.9. The van der Waals surface area contributed by atoms with Crippen LogP contribution in [0.25, 0.3) is 0 Å². The van der Waals surface area contributed by atoms with E-state index in [1.807, 2.05) is 13.8 Å². The molecule has 0 bridgehead atoms. The van der Waals surface area contributed by atoms with Crippen molar-refractivity contribution >= 4 is 15.9 Å². The Bertz CT molecular complexity index is 629. The van der Waals surface area contributed by atoms with E-state index in [2.05, 4.69) is 5.32 Å². The van der Waals surface area contributed by atoms with Crippen LogP contribution < -0.4 is 10.1 Å². The van der Waals surface area contributed by atoms with Gasteiger partial charge in [-0.15, -0.1) is 0 Å². The molecule has 1 rings (SSSR count). The molecule has 0 aliphatic heterocycles. The number of sulfonamides is 1. The molecule has 142 valence electrons. The van der Waals surface area contributed by atoms with Crippen molar-refractivity contribution in [2.24, 2.45) is 0 Å². The average Bonchev–Trinajstić information content (AvgIpc) is 2.58. The van der Waals surface area contributed by atoms with Crippen molar-refractivity contribution in [2.45, 2.75) is 38.2 Å². The van der Waals surface area contributed by atoms with Crippen molar-refractivity contribution in [1.82, 2.24) is 9.62 Å². The number of hydrogen-bond donors (Lipinski definition) is 1. The van der Waals surface area contributed by atoms with Crippen molar-refractivity contribution in [2.75, 3.05) is 33.4 Å². The van der Waals surface area contributed by atoms with Gasteiger partial charge < -0.3 is 14.8 Å². The smallest absolute Gasteiger partial charge is 0.243 e. The van der Waals surface area contributed by atoms with Gasteiger partial charge in [0.25, 0.3) is 0 Å². The Balaban J connectivity index is 2.59. The molecule has 0 spiro atoms. The Morgan fingerprint density at radius 3 is 2.40 bits per heavy atom. The average molecular weight is 372 g/mol. The van der Waals surface area contributed by atoms with Crippen molar-refractivity contribution in [3.05, 3.63) is 24.3 Å². The lowest BCUT2D eigenvalue weighted by Crippen LogP contribution is -2.41. The second kappa shape index (κ2) is 10.4. The molecule has 7 nitrogen and oxygen atoms in total. The molecule has 8 heteroatoms. The highest BCUT2D eigenvalue weighted by molar-refractivity contribution is 7.89. The molecule has 0 aromatic heterocycles. The fourth-order valence-electron chi connectivity index (χ4n) is 2.10. The summed E-state index contributed by atoms with van der Waals surface area (Å²) in [5.41, 5.74) is 0. The number of likely N-dealkylation sites (N-methyl/N-ethyl adjacent to an activating group) is 1. The number of nitrogens with one attached hydrogen (secondary N) is 1. The summed E-state index contributed by atoms with van der Waals surface area (Å²) in [6.07, 6.45) is 0.835. The van der Waals surface area contributed by atoms with Gasteiger partial charge in [-0.2, -0.15) is 4.31 Å². The minimum Gasteiger partial charge on any atom is -0.497 e. The van der Waals surface area contributed by atoms with E-state index in [-0.39, 0.29) is 30.0 Å². The summed E-state index contributed by atoms with van der Waals surface area (Å²) < 4.78 is 36.8. The maximum atomic E-state index is 12.6. The minimum atomic E-state index is -3.73. The third-order valence-electron chi connectivity index (χ3n) is 3.46. The highest BCUT2D eigenvalue weighted by atomic mass is 32.2. The van der Waals surface area contributed by atoms with E-state index in [4.69, 9.17) is 9.47 Å². The van der Waals surface area contributed by atoms with Crippen LogP contribution in [0.2, 0.25) is 0 Å². The van der Waals surface area contributed by atoms with E-state index in [1.54, 1.807) is 19.1 Å². The van der Waals surface area contributed by atoms with Crippen LogP contribution >= 0.6 is 0 Å². The number of nitrogens with zero attached hydrogens (tertiary/aromatic N) is 1. The largest absolute Gasteiger partial charge is 0.497 e. The Kier molecular flexibility index (Phi) is 8.88. The number of ether oxygens (including phenoxy) is 2. The van der Waals surface area contributed by atoms with E-state index in [0.717, 1.165) is 4.31 Å². The normalized spacial score (nSPS) is 11.8. The standard InChI is InChI=1S/C17H28N2O5S/c1-5-19(13-17(20)18-11-6-12-24-14(2)3)25(21,22)16-9-7-15(23-4)8-10-16/h7-10,14H,5-6,11-13H2,1-4H3,(H,18,20). The molecule has 1 amide bonds. The topological polar surface area (TPSA) is 84.9 Å². The lowest BCUT2D eigenvalue weighted by atomic mass is 10.3. The van der Waals surface area contributed by atoms with Crippen LogP contribution in [0.5, 0.6) is 5.75 Å². The molecule has 0 fully saturated rings. The quantitative estimate of drug-likeness (QED) is 0.597. The fraction of sp³-hybridized carbons (Fsp3) is 0.588. The van der Waals surface area contributed by atoms with Crippen LogP contribution in [0.15, 0.2) is 29.2 Å². The SMILES string of the molecule is CCN(CC(=O)NCCCOC(C)C)S(=O)(=O)c1ccc(OC)cc1. The van der Waals surface area contributed by atoms with Crippen LogP contribution in [-0.2, 0) is 19.6 Å². The number of amides is 1. The molecular formula is C17H28N2O5S. The van der Waals surface area contributed by atoms with Gasteiger partial charge in [0.2, 0.25) is 15.9 Å². The van der Waals surface area contributed by atoms with Crippen LogP contribution in [0.3, 0.4) is 0 Å². The van der Waals surface area contributed by atoms with Gasteiger partial charge in [-0.3, -0.25) is 4.79 Å². The summed E-state index contributed by atoms with van der Waals surface area (Å²) in [6.45, 7) is 6.59. The van der Waals surface area contributed by atoms with E-state index < -0.39 is 10.0 Å². The van der Waals surface area contributed by atoms with Crippen LogP contribution in [-0.4, -0.2) is 58.1 Å². The van der Waals surface area contributed by atoms with Gasteiger partial charge in [-0.1, -0.05) is 6.92 Å². The number of benzene rings is 1. The van der Waals surface area contributed by atoms with E-state index in [9.17, 15) is 13.2 Å². The number of rotatable bonds is 11. The summed E-state index contributed by atoms with van der Waals surface area (Å²) in [7, 11) is -2.21. The van der Waals surface area contributed by atoms with Crippen molar-refractivity contribution < 1.29 is 22.7 Å². The molecule has 0 unspecified atom stereocenters. The third kappa shape index (κ3) is 7.01. The highest BCUT2D eigenvalue weighted by Crippen LogP contribution is 2.19.